The molecular formula is C24H22N2O6S. The molecule has 0 fully saturated rings. The molecule has 3 aromatic carbocycles. The maximum atomic E-state index is 13.4. The Hall–Kier alpha value is -3.85. The van der Waals surface area contributed by atoms with E-state index >= 15 is 0 Å². The van der Waals surface area contributed by atoms with Crippen molar-refractivity contribution in [3.05, 3.63) is 83.4 Å². The highest BCUT2D eigenvalue weighted by molar-refractivity contribution is 7.92. The van der Waals surface area contributed by atoms with E-state index in [1.54, 1.807) is 24.3 Å². The lowest BCUT2D eigenvalue weighted by Crippen LogP contribution is -2.29. The maximum absolute atomic E-state index is 13.4. The molecule has 4 rings (SSSR count). The first-order chi connectivity index (χ1) is 15.8. The van der Waals surface area contributed by atoms with Crippen LogP contribution in [0.5, 0.6) is 5.75 Å². The van der Waals surface area contributed by atoms with Crippen LogP contribution in [-0.2, 0) is 21.2 Å². The number of carbonyl (C=O) groups excluding carboxylic acids is 2. The van der Waals surface area contributed by atoms with Crippen molar-refractivity contribution in [2.75, 3.05) is 30.4 Å². The molecule has 0 aliphatic carbocycles. The second-order valence-electron chi connectivity index (χ2n) is 7.34. The Kier molecular flexibility index (Phi) is 6.06. The van der Waals surface area contributed by atoms with E-state index in [9.17, 15) is 18.0 Å². The number of ether oxygens (including phenoxy) is 2. The largest absolute Gasteiger partial charge is 0.496 e. The Morgan fingerprint density at radius 1 is 0.970 bits per heavy atom. The molecular weight excluding hydrogens is 444 g/mol. The number of anilines is 2. The van der Waals surface area contributed by atoms with E-state index in [-0.39, 0.29) is 16.2 Å². The number of methoxy groups -OCH3 is 2. The molecule has 3 aromatic rings. The fourth-order valence-electron chi connectivity index (χ4n) is 3.72. The first-order valence-electron chi connectivity index (χ1n) is 10.1. The molecule has 0 saturated carbocycles. The third-order valence-electron chi connectivity index (χ3n) is 5.41. The normalized spacial score (nSPS) is 12.7. The fraction of sp³-hybridized carbons (Fsp3) is 0.167. The smallest absolute Gasteiger partial charge is 0.337 e. The molecule has 0 aromatic heterocycles. The second-order valence-corrected chi connectivity index (χ2v) is 9.20. The quantitative estimate of drug-likeness (QED) is 0.558. The highest BCUT2D eigenvalue weighted by atomic mass is 32.2. The van der Waals surface area contributed by atoms with E-state index < -0.39 is 21.9 Å². The Labute approximate surface area is 191 Å². The molecule has 0 radical (unpaired) electrons. The van der Waals surface area contributed by atoms with Gasteiger partial charge in [0.15, 0.2) is 0 Å². The maximum Gasteiger partial charge on any atom is 0.337 e. The van der Waals surface area contributed by atoms with Crippen LogP contribution in [0.15, 0.2) is 71.6 Å². The Balaban J connectivity index is 1.63. The average Bonchev–Trinajstić information content (AvgIpc) is 3.28. The summed E-state index contributed by atoms with van der Waals surface area (Å²) >= 11 is 0. The topological polar surface area (TPSA) is 102 Å². The summed E-state index contributed by atoms with van der Waals surface area (Å²) in [5.74, 6) is -0.799. The van der Waals surface area contributed by atoms with Gasteiger partial charge in [0.05, 0.1) is 35.9 Å². The van der Waals surface area contributed by atoms with E-state index in [1.165, 1.54) is 48.9 Å². The minimum absolute atomic E-state index is 0.00816. The number of fused-ring (bicyclic) bond motifs is 1. The van der Waals surface area contributed by atoms with Crippen LogP contribution in [-0.4, -0.2) is 41.1 Å². The van der Waals surface area contributed by atoms with Gasteiger partial charge in [-0.1, -0.05) is 18.2 Å². The molecule has 0 unspecified atom stereocenters. The number of para-hydroxylation sites is 1. The number of sulfonamides is 1. The van der Waals surface area contributed by atoms with Crippen LogP contribution >= 0.6 is 0 Å². The van der Waals surface area contributed by atoms with Gasteiger partial charge in [-0.15, -0.1) is 0 Å². The zero-order chi connectivity index (χ0) is 23.6. The first kappa shape index (κ1) is 22.3. The second kappa shape index (κ2) is 8.95. The molecule has 33 heavy (non-hydrogen) atoms. The third-order valence-corrected chi connectivity index (χ3v) is 7.22. The Morgan fingerprint density at radius 3 is 2.39 bits per heavy atom. The van der Waals surface area contributed by atoms with E-state index in [0.29, 0.717) is 29.9 Å². The van der Waals surface area contributed by atoms with Gasteiger partial charge in [-0.05, 0) is 60.5 Å². The summed E-state index contributed by atoms with van der Waals surface area (Å²) in [4.78, 5) is 24.6. The summed E-state index contributed by atoms with van der Waals surface area (Å²) < 4.78 is 38.0. The van der Waals surface area contributed by atoms with Crippen LogP contribution < -0.4 is 14.4 Å². The summed E-state index contributed by atoms with van der Waals surface area (Å²) in [5, 5.41) is 2.70. The first-order valence-corrected chi connectivity index (χ1v) is 11.6. The number of amides is 1. The number of nitrogens with zero attached hydrogens (tertiary/aromatic N) is 1. The van der Waals surface area contributed by atoms with Crippen LogP contribution in [0, 0.1) is 0 Å². The third kappa shape index (κ3) is 4.27. The van der Waals surface area contributed by atoms with Crippen LogP contribution in [0.25, 0.3) is 0 Å². The van der Waals surface area contributed by atoms with Crippen molar-refractivity contribution in [2.24, 2.45) is 0 Å². The predicted octanol–water partition coefficient (Wildman–Crippen LogP) is 3.49. The van der Waals surface area contributed by atoms with Crippen molar-refractivity contribution in [1.82, 2.24) is 0 Å². The van der Waals surface area contributed by atoms with Gasteiger partial charge in [0.2, 0.25) is 0 Å². The zero-order valence-electron chi connectivity index (χ0n) is 18.1. The van der Waals surface area contributed by atoms with Gasteiger partial charge < -0.3 is 14.8 Å². The highest BCUT2D eigenvalue weighted by Gasteiger charge is 2.31. The van der Waals surface area contributed by atoms with E-state index in [1.807, 2.05) is 12.1 Å². The Bertz CT molecular complexity index is 1320. The number of benzene rings is 3. The molecule has 9 heteroatoms. The summed E-state index contributed by atoms with van der Waals surface area (Å²) in [5.41, 5.74) is 2.44. The molecule has 8 nitrogen and oxygen atoms in total. The summed E-state index contributed by atoms with van der Waals surface area (Å²) in [7, 11) is -1.19. The van der Waals surface area contributed by atoms with Crippen molar-refractivity contribution < 1.29 is 27.5 Å². The SMILES string of the molecule is COC(=O)c1ccc(NC(=O)c2cc(S(=O)(=O)N3CCc4ccccc43)ccc2OC)cc1. The van der Waals surface area contributed by atoms with Gasteiger partial charge in [0, 0.05) is 12.2 Å². The monoisotopic (exact) mass is 466 g/mol. The van der Waals surface area contributed by atoms with Crippen molar-refractivity contribution in [3.8, 4) is 5.75 Å². The van der Waals surface area contributed by atoms with Crippen molar-refractivity contribution in [2.45, 2.75) is 11.3 Å². The molecule has 1 amide bonds. The molecule has 0 saturated heterocycles. The lowest BCUT2D eigenvalue weighted by atomic mass is 10.1. The zero-order valence-corrected chi connectivity index (χ0v) is 18.9. The van der Waals surface area contributed by atoms with Gasteiger partial charge in [0.25, 0.3) is 15.9 Å². The fourth-order valence-corrected chi connectivity index (χ4v) is 5.25. The standard InChI is InChI=1S/C24H22N2O6S/c1-31-22-12-11-19(33(29,30)26-14-13-16-5-3-4-6-21(16)26)15-20(22)23(27)25-18-9-7-17(8-10-18)24(28)32-2/h3-12,15H,13-14H2,1-2H3,(H,25,27). The van der Waals surface area contributed by atoms with Gasteiger partial charge >= 0.3 is 5.97 Å². The molecule has 1 N–H and O–H groups in total. The lowest BCUT2D eigenvalue weighted by Gasteiger charge is -2.20. The van der Waals surface area contributed by atoms with Crippen LogP contribution in [0.1, 0.15) is 26.3 Å². The number of hydrogen-bond donors (Lipinski definition) is 1. The molecule has 1 aliphatic heterocycles. The Morgan fingerprint density at radius 2 is 1.70 bits per heavy atom. The predicted molar refractivity (Wildman–Crippen MR) is 123 cm³/mol. The van der Waals surface area contributed by atoms with Crippen LogP contribution in [0.4, 0.5) is 11.4 Å². The molecule has 170 valence electrons. The molecule has 0 spiro atoms. The lowest BCUT2D eigenvalue weighted by molar-refractivity contribution is 0.0600. The van der Waals surface area contributed by atoms with Crippen molar-refractivity contribution in [3.63, 3.8) is 0 Å². The molecule has 1 aliphatic rings. The number of esters is 1. The molecule has 0 atom stereocenters. The van der Waals surface area contributed by atoms with Gasteiger partial charge in [-0.25, -0.2) is 13.2 Å². The van der Waals surface area contributed by atoms with E-state index in [4.69, 9.17) is 4.74 Å². The summed E-state index contributed by atoms with van der Waals surface area (Å²) in [6.45, 7) is 0.335. The van der Waals surface area contributed by atoms with Gasteiger partial charge in [0.1, 0.15) is 5.75 Å². The van der Waals surface area contributed by atoms with Gasteiger partial charge in [-0.2, -0.15) is 0 Å². The van der Waals surface area contributed by atoms with Crippen molar-refractivity contribution >= 4 is 33.3 Å². The van der Waals surface area contributed by atoms with E-state index in [0.717, 1.165) is 5.56 Å². The molecule has 0 bridgehead atoms. The minimum Gasteiger partial charge on any atom is -0.496 e. The summed E-state index contributed by atoms with van der Waals surface area (Å²) in [6, 6.07) is 17.7. The highest BCUT2D eigenvalue weighted by Crippen LogP contribution is 2.34. The minimum atomic E-state index is -3.88. The van der Waals surface area contributed by atoms with E-state index in [2.05, 4.69) is 10.1 Å². The van der Waals surface area contributed by atoms with Crippen LogP contribution in [0.2, 0.25) is 0 Å². The summed E-state index contributed by atoms with van der Waals surface area (Å²) in [6.07, 6.45) is 0.625. The van der Waals surface area contributed by atoms with Crippen LogP contribution in [0.3, 0.4) is 0 Å². The average molecular weight is 467 g/mol. The van der Waals surface area contributed by atoms with Crippen molar-refractivity contribution in [1.29, 1.82) is 0 Å². The number of carbonyl (C=O) groups is 2. The number of nitrogens with one attached hydrogen (secondary N) is 1. The number of rotatable bonds is 6. The number of hydrogen-bond acceptors (Lipinski definition) is 6. The van der Waals surface area contributed by atoms with Gasteiger partial charge in [-0.3, -0.25) is 9.10 Å². The molecule has 1 heterocycles.